The lowest BCUT2D eigenvalue weighted by atomic mass is 9.95. The van der Waals surface area contributed by atoms with Gasteiger partial charge in [0.1, 0.15) is 0 Å². The Bertz CT molecular complexity index is 591. The predicted molar refractivity (Wildman–Crippen MR) is 95.6 cm³/mol. The monoisotopic (exact) mass is 328 g/mol. The van der Waals surface area contributed by atoms with Crippen molar-refractivity contribution in [1.82, 2.24) is 10.6 Å². The molecule has 3 rings (SSSR count). The molecule has 4 heteroatoms. The van der Waals surface area contributed by atoms with Crippen molar-refractivity contribution >= 4 is 17.2 Å². The number of nitrogens with one attached hydrogen (secondary N) is 2. The van der Waals surface area contributed by atoms with Crippen LogP contribution in [0.3, 0.4) is 0 Å². The summed E-state index contributed by atoms with van der Waals surface area (Å²) in [4.78, 5) is 13.5. The van der Waals surface area contributed by atoms with E-state index in [2.05, 4.69) is 40.3 Å². The summed E-state index contributed by atoms with van der Waals surface area (Å²) in [6.07, 6.45) is 6.02. The van der Waals surface area contributed by atoms with Crippen LogP contribution in [0.15, 0.2) is 47.8 Å². The molecule has 1 aliphatic rings. The van der Waals surface area contributed by atoms with Crippen molar-refractivity contribution in [2.75, 3.05) is 6.54 Å². The highest BCUT2D eigenvalue weighted by Gasteiger charge is 2.18. The third kappa shape index (κ3) is 4.66. The molecule has 1 aromatic heterocycles. The van der Waals surface area contributed by atoms with E-state index in [1.54, 1.807) is 11.3 Å². The van der Waals surface area contributed by atoms with Gasteiger partial charge in [0.05, 0.1) is 12.6 Å². The Kier molecular flexibility index (Phi) is 5.83. The van der Waals surface area contributed by atoms with Crippen LogP contribution in [0.5, 0.6) is 0 Å². The second-order valence-corrected chi connectivity index (χ2v) is 7.12. The maximum atomic E-state index is 12.2. The van der Waals surface area contributed by atoms with Crippen LogP contribution in [0, 0.1) is 0 Å². The molecule has 0 unspecified atom stereocenters. The third-order valence-corrected chi connectivity index (χ3v) is 5.33. The first-order valence-corrected chi connectivity index (χ1v) is 9.32. The van der Waals surface area contributed by atoms with Crippen LogP contribution in [-0.4, -0.2) is 18.5 Å². The van der Waals surface area contributed by atoms with E-state index < -0.39 is 0 Å². The molecule has 1 aliphatic carbocycles. The standard InChI is InChI=1S/C19H24N2OS/c22-18(21-16-10-5-2-6-11-16)14-20-19(17-12-7-13-23-17)15-8-3-1-4-9-15/h1,3-4,7-9,12-13,16,19-20H,2,5-6,10-11,14H2,(H,21,22)/t19-/m0/s1. The lowest BCUT2D eigenvalue weighted by molar-refractivity contribution is -0.121. The topological polar surface area (TPSA) is 41.1 Å². The van der Waals surface area contributed by atoms with Gasteiger partial charge in [-0.25, -0.2) is 0 Å². The van der Waals surface area contributed by atoms with E-state index in [9.17, 15) is 4.79 Å². The Hall–Kier alpha value is -1.65. The molecule has 1 heterocycles. The van der Waals surface area contributed by atoms with E-state index in [0.717, 1.165) is 12.8 Å². The Morgan fingerprint density at radius 2 is 1.87 bits per heavy atom. The minimum atomic E-state index is 0.0771. The molecule has 0 radical (unpaired) electrons. The van der Waals surface area contributed by atoms with Gasteiger partial charge in [0.25, 0.3) is 0 Å². The summed E-state index contributed by atoms with van der Waals surface area (Å²) < 4.78 is 0. The Morgan fingerprint density at radius 1 is 1.09 bits per heavy atom. The fourth-order valence-corrected chi connectivity index (χ4v) is 4.03. The number of carbonyl (C=O) groups is 1. The van der Waals surface area contributed by atoms with Crippen molar-refractivity contribution < 1.29 is 4.79 Å². The van der Waals surface area contributed by atoms with E-state index >= 15 is 0 Å². The van der Waals surface area contributed by atoms with Crippen LogP contribution in [0.1, 0.15) is 48.6 Å². The Morgan fingerprint density at radius 3 is 2.57 bits per heavy atom. The molecule has 0 saturated heterocycles. The highest BCUT2D eigenvalue weighted by atomic mass is 32.1. The second-order valence-electron chi connectivity index (χ2n) is 6.14. The molecule has 2 aromatic rings. The van der Waals surface area contributed by atoms with Crippen molar-refractivity contribution in [3.8, 4) is 0 Å². The Labute approximate surface area is 142 Å². The molecule has 1 saturated carbocycles. The number of benzene rings is 1. The number of thiophene rings is 1. The number of carbonyl (C=O) groups excluding carboxylic acids is 1. The van der Waals surface area contributed by atoms with Gasteiger partial charge < -0.3 is 5.32 Å². The molecule has 122 valence electrons. The normalized spacial score (nSPS) is 16.9. The van der Waals surface area contributed by atoms with Crippen molar-refractivity contribution in [2.24, 2.45) is 0 Å². The average Bonchev–Trinajstić information content (AvgIpc) is 3.11. The zero-order valence-electron chi connectivity index (χ0n) is 13.3. The van der Waals surface area contributed by atoms with E-state index in [4.69, 9.17) is 0 Å². The molecule has 3 nitrogen and oxygen atoms in total. The van der Waals surface area contributed by atoms with Gasteiger partial charge in [-0.3, -0.25) is 10.1 Å². The molecule has 1 fully saturated rings. The van der Waals surface area contributed by atoms with Gasteiger partial charge in [-0.15, -0.1) is 11.3 Å². The molecule has 0 spiro atoms. The molecule has 1 atom stereocenters. The summed E-state index contributed by atoms with van der Waals surface area (Å²) in [5.41, 5.74) is 1.19. The highest BCUT2D eigenvalue weighted by molar-refractivity contribution is 7.10. The summed E-state index contributed by atoms with van der Waals surface area (Å²) in [6.45, 7) is 0.355. The first-order valence-electron chi connectivity index (χ1n) is 8.44. The lowest BCUT2D eigenvalue weighted by Crippen LogP contribution is -2.42. The second kappa shape index (κ2) is 8.27. The van der Waals surface area contributed by atoms with Gasteiger partial charge in [-0.2, -0.15) is 0 Å². The van der Waals surface area contributed by atoms with Crippen LogP contribution in [0.2, 0.25) is 0 Å². The van der Waals surface area contributed by atoms with Crippen molar-refractivity contribution in [2.45, 2.75) is 44.2 Å². The summed E-state index contributed by atoms with van der Waals surface area (Å²) >= 11 is 1.72. The number of rotatable bonds is 6. The first-order chi connectivity index (χ1) is 11.3. The molecular formula is C19H24N2OS. The average molecular weight is 328 g/mol. The summed E-state index contributed by atoms with van der Waals surface area (Å²) in [5.74, 6) is 0.106. The SMILES string of the molecule is O=C(CN[C@@H](c1ccccc1)c1cccs1)NC1CCCCC1. The number of hydrogen-bond acceptors (Lipinski definition) is 3. The third-order valence-electron chi connectivity index (χ3n) is 4.40. The van der Waals surface area contributed by atoms with E-state index in [-0.39, 0.29) is 11.9 Å². The first kappa shape index (κ1) is 16.2. The minimum absolute atomic E-state index is 0.0771. The van der Waals surface area contributed by atoms with E-state index in [1.807, 2.05) is 18.2 Å². The van der Waals surface area contributed by atoms with Gasteiger partial charge in [0.15, 0.2) is 0 Å². The molecule has 1 amide bonds. The van der Waals surface area contributed by atoms with E-state index in [0.29, 0.717) is 12.6 Å². The summed E-state index contributed by atoms with van der Waals surface area (Å²) in [7, 11) is 0. The predicted octanol–water partition coefficient (Wildman–Crippen LogP) is 3.88. The van der Waals surface area contributed by atoms with Gasteiger partial charge in [-0.1, -0.05) is 55.7 Å². The van der Waals surface area contributed by atoms with Crippen LogP contribution in [0.25, 0.3) is 0 Å². The van der Waals surface area contributed by atoms with Crippen molar-refractivity contribution in [3.63, 3.8) is 0 Å². The van der Waals surface area contributed by atoms with Crippen molar-refractivity contribution in [1.29, 1.82) is 0 Å². The summed E-state index contributed by atoms with van der Waals surface area (Å²) in [5, 5.41) is 8.68. The van der Waals surface area contributed by atoms with Crippen LogP contribution in [0.4, 0.5) is 0 Å². The molecule has 0 bridgehead atoms. The smallest absolute Gasteiger partial charge is 0.234 e. The minimum Gasteiger partial charge on any atom is -0.352 e. The maximum Gasteiger partial charge on any atom is 0.234 e. The highest BCUT2D eigenvalue weighted by Crippen LogP contribution is 2.25. The number of amides is 1. The quantitative estimate of drug-likeness (QED) is 0.845. The van der Waals surface area contributed by atoms with Gasteiger partial charge in [0.2, 0.25) is 5.91 Å². The van der Waals surface area contributed by atoms with Crippen LogP contribution < -0.4 is 10.6 Å². The maximum absolute atomic E-state index is 12.2. The molecule has 23 heavy (non-hydrogen) atoms. The number of hydrogen-bond donors (Lipinski definition) is 2. The largest absolute Gasteiger partial charge is 0.352 e. The molecule has 1 aromatic carbocycles. The Balaban J connectivity index is 1.59. The summed E-state index contributed by atoms with van der Waals surface area (Å²) in [6, 6.07) is 14.9. The van der Waals surface area contributed by atoms with Crippen LogP contribution in [-0.2, 0) is 4.79 Å². The zero-order chi connectivity index (χ0) is 15.9. The molecular weight excluding hydrogens is 304 g/mol. The fourth-order valence-electron chi connectivity index (χ4n) is 3.20. The lowest BCUT2D eigenvalue weighted by Gasteiger charge is -2.24. The van der Waals surface area contributed by atoms with E-state index in [1.165, 1.54) is 29.7 Å². The fraction of sp³-hybridized carbons (Fsp3) is 0.421. The molecule has 2 N–H and O–H groups in total. The molecule has 0 aliphatic heterocycles. The zero-order valence-corrected chi connectivity index (χ0v) is 14.1. The van der Waals surface area contributed by atoms with Gasteiger partial charge in [-0.05, 0) is 29.9 Å². The van der Waals surface area contributed by atoms with Gasteiger partial charge in [0, 0.05) is 10.9 Å². The van der Waals surface area contributed by atoms with Crippen LogP contribution >= 0.6 is 11.3 Å². The van der Waals surface area contributed by atoms with Gasteiger partial charge >= 0.3 is 0 Å². The van der Waals surface area contributed by atoms with Crippen molar-refractivity contribution in [3.05, 3.63) is 58.3 Å².